The fourth-order valence-corrected chi connectivity index (χ4v) is 0.500. The first-order valence-corrected chi connectivity index (χ1v) is 3.61. The van der Waals surface area contributed by atoms with E-state index >= 15 is 0 Å². The summed E-state index contributed by atoms with van der Waals surface area (Å²) in [6, 6.07) is 0. The first kappa shape index (κ1) is 10.2. The van der Waals surface area contributed by atoms with Crippen LogP contribution in [0.3, 0.4) is 0 Å². The topological polar surface area (TPSA) is 46.5 Å². The van der Waals surface area contributed by atoms with Gasteiger partial charge in [0.15, 0.2) is 0 Å². The Kier molecular flexibility index (Phi) is 5.47. The van der Waals surface area contributed by atoms with E-state index in [2.05, 4.69) is 0 Å². The highest BCUT2D eigenvalue weighted by Gasteiger charge is 1.90. The summed E-state index contributed by atoms with van der Waals surface area (Å²) in [7, 11) is 0. The minimum Gasteiger partial charge on any atom is -0.481 e. The molecule has 0 rings (SSSR count). The molecule has 11 heavy (non-hydrogen) atoms. The lowest BCUT2D eigenvalue weighted by Crippen LogP contribution is -2.01. The zero-order valence-corrected chi connectivity index (χ0v) is 6.91. The molecule has 0 amide bonds. The second kappa shape index (κ2) is 5.92. The maximum Gasteiger partial charge on any atom is 0.307 e. The first-order valence-electron chi connectivity index (χ1n) is 3.61. The molecule has 0 saturated carbocycles. The molecule has 0 aliphatic rings. The summed E-state index contributed by atoms with van der Waals surface area (Å²) in [5, 5.41) is 8.23. The standard InChI is InChI=1S/C8H14O3/c1-7(2)11-6-4-3-5-8(9)10/h3-4,7H,5-6H2,1-2H3,(H,9,10)/b4-3+. The summed E-state index contributed by atoms with van der Waals surface area (Å²) in [5.74, 6) is -0.814. The number of rotatable bonds is 5. The van der Waals surface area contributed by atoms with Gasteiger partial charge in [0.2, 0.25) is 0 Å². The quantitative estimate of drug-likeness (QED) is 0.616. The number of hydrogen-bond acceptors (Lipinski definition) is 2. The Morgan fingerprint density at radius 1 is 1.55 bits per heavy atom. The lowest BCUT2D eigenvalue weighted by Gasteiger charge is -2.02. The molecule has 0 aliphatic carbocycles. The highest BCUT2D eigenvalue weighted by atomic mass is 16.5. The molecule has 0 bridgehead atoms. The van der Waals surface area contributed by atoms with Gasteiger partial charge in [0.1, 0.15) is 0 Å². The van der Waals surface area contributed by atoms with Gasteiger partial charge in [0.25, 0.3) is 0 Å². The largest absolute Gasteiger partial charge is 0.481 e. The van der Waals surface area contributed by atoms with Crippen LogP contribution >= 0.6 is 0 Å². The average molecular weight is 158 g/mol. The average Bonchev–Trinajstić information content (AvgIpc) is 1.85. The molecule has 3 heteroatoms. The molecule has 1 N–H and O–H groups in total. The molecule has 3 nitrogen and oxygen atoms in total. The van der Waals surface area contributed by atoms with E-state index < -0.39 is 5.97 Å². The fourth-order valence-electron chi connectivity index (χ4n) is 0.500. The third-order valence-electron chi connectivity index (χ3n) is 0.985. The Labute approximate surface area is 66.7 Å². The van der Waals surface area contributed by atoms with Gasteiger partial charge < -0.3 is 9.84 Å². The molecule has 0 aliphatic heterocycles. The Morgan fingerprint density at radius 2 is 2.18 bits per heavy atom. The predicted molar refractivity (Wildman–Crippen MR) is 42.5 cm³/mol. The van der Waals surface area contributed by atoms with E-state index in [1.807, 2.05) is 13.8 Å². The molecule has 0 aromatic rings. The van der Waals surface area contributed by atoms with Gasteiger partial charge in [0, 0.05) is 0 Å². The van der Waals surface area contributed by atoms with Crippen molar-refractivity contribution in [2.24, 2.45) is 0 Å². The molecule has 0 aromatic carbocycles. The SMILES string of the molecule is CC(C)OC/C=C/CC(=O)O. The van der Waals surface area contributed by atoms with Crippen molar-refractivity contribution in [3.05, 3.63) is 12.2 Å². The van der Waals surface area contributed by atoms with Crippen molar-refractivity contribution in [2.45, 2.75) is 26.4 Å². The molecule has 0 aromatic heterocycles. The molecule has 64 valence electrons. The molecule has 0 fully saturated rings. The second-order valence-corrected chi connectivity index (χ2v) is 2.45. The number of carbonyl (C=O) groups is 1. The summed E-state index contributed by atoms with van der Waals surface area (Å²) < 4.78 is 5.14. The van der Waals surface area contributed by atoms with Crippen molar-refractivity contribution >= 4 is 5.97 Å². The van der Waals surface area contributed by atoms with Gasteiger partial charge in [-0.05, 0) is 13.8 Å². The van der Waals surface area contributed by atoms with Crippen LogP contribution < -0.4 is 0 Å². The van der Waals surface area contributed by atoms with Crippen molar-refractivity contribution < 1.29 is 14.6 Å². The molecule has 0 radical (unpaired) electrons. The van der Waals surface area contributed by atoms with Gasteiger partial charge in [-0.2, -0.15) is 0 Å². The van der Waals surface area contributed by atoms with Crippen molar-refractivity contribution in [3.63, 3.8) is 0 Å². The van der Waals surface area contributed by atoms with Crippen LogP contribution in [-0.4, -0.2) is 23.8 Å². The van der Waals surface area contributed by atoms with Crippen molar-refractivity contribution in [1.29, 1.82) is 0 Å². The molecular weight excluding hydrogens is 144 g/mol. The maximum atomic E-state index is 10.0. The first-order chi connectivity index (χ1) is 5.13. The van der Waals surface area contributed by atoms with Crippen LogP contribution in [0.25, 0.3) is 0 Å². The van der Waals surface area contributed by atoms with Gasteiger partial charge in [-0.1, -0.05) is 12.2 Å². The monoisotopic (exact) mass is 158 g/mol. The van der Waals surface area contributed by atoms with Gasteiger partial charge in [0.05, 0.1) is 19.1 Å². The minimum absolute atomic E-state index is 0.0709. The zero-order valence-electron chi connectivity index (χ0n) is 6.91. The fraction of sp³-hybridized carbons (Fsp3) is 0.625. The highest BCUT2D eigenvalue weighted by molar-refractivity contribution is 5.68. The third kappa shape index (κ3) is 9.17. The van der Waals surface area contributed by atoms with Gasteiger partial charge >= 0.3 is 5.97 Å². The number of carboxylic acids is 1. The lowest BCUT2D eigenvalue weighted by atomic mass is 10.4. The number of hydrogen-bond donors (Lipinski definition) is 1. The normalized spacial score (nSPS) is 11.2. The third-order valence-corrected chi connectivity index (χ3v) is 0.985. The molecular formula is C8H14O3. The smallest absolute Gasteiger partial charge is 0.307 e. The highest BCUT2D eigenvalue weighted by Crippen LogP contribution is 1.88. The summed E-state index contributed by atoms with van der Waals surface area (Å²) in [4.78, 5) is 10.0. The van der Waals surface area contributed by atoms with Crippen LogP contribution in [0.5, 0.6) is 0 Å². The van der Waals surface area contributed by atoms with Crippen molar-refractivity contribution in [1.82, 2.24) is 0 Å². The van der Waals surface area contributed by atoms with E-state index in [4.69, 9.17) is 9.84 Å². The van der Waals surface area contributed by atoms with Crippen molar-refractivity contribution in [2.75, 3.05) is 6.61 Å². The Morgan fingerprint density at radius 3 is 2.64 bits per heavy atom. The maximum absolute atomic E-state index is 10.0. The van der Waals surface area contributed by atoms with Crippen LogP contribution in [0.1, 0.15) is 20.3 Å². The van der Waals surface area contributed by atoms with Crippen LogP contribution in [0.15, 0.2) is 12.2 Å². The Bertz CT molecular complexity index is 138. The minimum atomic E-state index is -0.814. The van der Waals surface area contributed by atoms with Crippen LogP contribution in [0.2, 0.25) is 0 Å². The summed E-state index contributed by atoms with van der Waals surface area (Å²) in [5.41, 5.74) is 0. The summed E-state index contributed by atoms with van der Waals surface area (Å²) >= 11 is 0. The molecule has 0 heterocycles. The van der Waals surface area contributed by atoms with E-state index in [1.54, 1.807) is 12.2 Å². The van der Waals surface area contributed by atoms with E-state index in [1.165, 1.54) is 0 Å². The number of ether oxygens (including phenoxy) is 1. The Hall–Kier alpha value is -0.830. The van der Waals surface area contributed by atoms with Crippen molar-refractivity contribution in [3.8, 4) is 0 Å². The number of aliphatic carboxylic acids is 1. The van der Waals surface area contributed by atoms with Gasteiger partial charge in [-0.25, -0.2) is 0 Å². The molecule has 0 saturated heterocycles. The lowest BCUT2D eigenvalue weighted by molar-refractivity contribution is -0.136. The molecule has 0 spiro atoms. The van der Waals surface area contributed by atoms with Crippen LogP contribution in [0.4, 0.5) is 0 Å². The van der Waals surface area contributed by atoms with Crippen LogP contribution in [0, 0.1) is 0 Å². The van der Waals surface area contributed by atoms with E-state index in [-0.39, 0.29) is 12.5 Å². The number of carboxylic acid groups (broad SMARTS) is 1. The van der Waals surface area contributed by atoms with E-state index in [0.717, 1.165) is 0 Å². The molecule has 0 unspecified atom stereocenters. The van der Waals surface area contributed by atoms with E-state index in [9.17, 15) is 4.79 Å². The second-order valence-electron chi connectivity index (χ2n) is 2.45. The van der Waals surface area contributed by atoms with E-state index in [0.29, 0.717) is 6.61 Å². The molecule has 0 atom stereocenters. The zero-order chi connectivity index (χ0) is 8.69. The summed E-state index contributed by atoms with van der Waals surface area (Å²) in [6.07, 6.45) is 3.57. The summed E-state index contributed by atoms with van der Waals surface area (Å²) in [6.45, 7) is 4.36. The van der Waals surface area contributed by atoms with Crippen LogP contribution in [-0.2, 0) is 9.53 Å². The van der Waals surface area contributed by atoms with Gasteiger partial charge in [-0.15, -0.1) is 0 Å². The van der Waals surface area contributed by atoms with Gasteiger partial charge in [-0.3, -0.25) is 4.79 Å². The predicted octanol–water partition coefficient (Wildman–Crippen LogP) is 1.44. The Balaban J connectivity index is 3.23.